The van der Waals surface area contributed by atoms with E-state index in [0.717, 1.165) is 26.1 Å². The molecule has 0 spiro atoms. The first-order chi connectivity index (χ1) is 7.61. The van der Waals surface area contributed by atoms with Gasteiger partial charge in [-0.3, -0.25) is 0 Å². The SMILES string of the molecule is CCc1cccc(CN(C)CCN(C)C)c1. The van der Waals surface area contributed by atoms with Gasteiger partial charge in [0, 0.05) is 19.6 Å². The maximum absolute atomic E-state index is 2.37. The Morgan fingerprint density at radius 2 is 1.69 bits per heavy atom. The van der Waals surface area contributed by atoms with E-state index < -0.39 is 0 Å². The largest absolute Gasteiger partial charge is 0.308 e. The number of rotatable bonds is 6. The Hall–Kier alpha value is -0.860. The molecule has 0 aliphatic heterocycles. The van der Waals surface area contributed by atoms with E-state index in [1.807, 2.05) is 0 Å². The summed E-state index contributed by atoms with van der Waals surface area (Å²) in [5.41, 5.74) is 2.85. The third-order valence-electron chi connectivity index (χ3n) is 2.78. The fraction of sp³-hybridized carbons (Fsp3) is 0.571. The van der Waals surface area contributed by atoms with Crippen LogP contribution in [0.1, 0.15) is 18.1 Å². The second-order valence-corrected chi connectivity index (χ2v) is 4.71. The Morgan fingerprint density at radius 1 is 1.00 bits per heavy atom. The zero-order valence-corrected chi connectivity index (χ0v) is 11.0. The summed E-state index contributed by atoms with van der Waals surface area (Å²) in [6.07, 6.45) is 1.12. The van der Waals surface area contributed by atoms with Crippen molar-refractivity contribution >= 4 is 0 Å². The van der Waals surface area contributed by atoms with Crippen molar-refractivity contribution in [2.45, 2.75) is 19.9 Å². The summed E-state index contributed by atoms with van der Waals surface area (Å²) < 4.78 is 0. The molecule has 0 radical (unpaired) electrons. The summed E-state index contributed by atoms with van der Waals surface area (Å²) >= 11 is 0. The van der Waals surface area contributed by atoms with Crippen LogP contribution in [0.2, 0.25) is 0 Å². The highest BCUT2D eigenvalue weighted by molar-refractivity contribution is 5.23. The average Bonchev–Trinajstić information content (AvgIpc) is 2.26. The van der Waals surface area contributed by atoms with Gasteiger partial charge in [0.1, 0.15) is 0 Å². The summed E-state index contributed by atoms with van der Waals surface area (Å²) in [5, 5.41) is 0. The minimum atomic E-state index is 1.04. The van der Waals surface area contributed by atoms with Gasteiger partial charge in [-0.2, -0.15) is 0 Å². The smallest absolute Gasteiger partial charge is 0.0231 e. The topological polar surface area (TPSA) is 6.48 Å². The van der Waals surface area contributed by atoms with Gasteiger partial charge in [0.05, 0.1) is 0 Å². The van der Waals surface area contributed by atoms with Gasteiger partial charge in [-0.25, -0.2) is 0 Å². The molecule has 0 heterocycles. The summed E-state index contributed by atoms with van der Waals surface area (Å²) in [6.45, 7) is 5.48. The third-order valence-corrected chi connectivity index (χ3v) is 2.78. The number of benzene rings is 1. The highest BCUT2D eigenvalue weighted by Gasteiger charge is 2.01. The summed E-state index contributed by atoms with van der Waals surface area (Å²) in [7, 11) is 6.42. The van der Waals surface area contributed by atoms with Crippen LogP contribution < -0.4 is 0 Å². The highest BCUT2D eigenvalue weighted by Crippen LogP contribution is 2.08. The molecule has 16 heavy (non-hydrogen) atoms. The normalized spacial score (nSPS) is 11.4. The number of hydrogen-bond donors (Lipinski definition) is 0. The molecule has 0 unspecified atom stereocenters. The maximum atomic E-state index is 2.37. The fourth-order valence-corrected chi connectivity index (χ4v) is 1.71. The van der Waals surface area contributed by atoms with Gasteiger partial charge >= 0.3 is 0 Å². The van der Waals surface area contributed by atoms with Crippen molar-refractivity contribution in [1.82, 2.24) is 9.80 Å². The van der Waals surface area contributed by atoms with Crippen molar-refractivity contribution < 1.29 is 0 Å². The van der Waals surface area contributed by atoms with Crippen LogP contribution in [0, 0.1) is 0 Å². The predicted molar refractivity (Wildman–Crippen MR) is 70.7 cm³/mol. The number of likely N-dealkylation sites (N-methyl/N-ethyl adjacent to an activating group) is 2. The van der Waals surface area contributed by atoms with Crippen LogP contribution >= 0.6 is 0 Å². The average molecular weight is 220 g/mol. The minimum Gasteiger partial charge on any atom is -0.308 e. The van der Waals surface area contributed by atoms with Crippen molar-refractivity contribution in [2.24, 2.45) is 0 Å². The van der Waals surface area contributed by atoms with Crippen LogP contribution in [-0.2, 0) is 13.0 Å². The zero-order chi connectivity index (χ0) is 12.0. The Labute approximate surface area is 99.9 Å². The van der Waals surface area contributed by atoms with Crippen LogP contribution in [0.3, 0.4) is 0 Å². The number of nitrogens with zero attached hydrogens (tertiary/aromatic N) is 2. The molecular formula is C14H24N2. The second kappa shape index (κ2) is 6.66. The molecule has 0 aromatic heterocycles. The Morgan fingerprint density at radius 3 is 2.31 bits per heavy atom. The lowest BCUT2D eigenvalue weighted by molar-refractivity contribution is 0.276. The maximum Gasteiger partial charge on any atom is 0.0231 e. The van der Waals surface area contributed by atoms with Crippen LogP contribution in [-0.4, -0.2) is 44.0 Å². The molecule has 2 heteroatoms. The molecule has 0 saturated heterocycles. The Kier molecular flexibility index (Phi) is 5.50. The van der Waals surface area contributed by atoms with Gasteiger partial charge in [-0.15, -0.1) is 0 Å². The highest BCUT2D eigenvalue weighted by atomic mass is 15.1. The molecule has 0 N–H and O–H groups in total. The van der Waals surface area contributed by atoms with Gasteiger partial charge in [0.15, 0.2) is 0 Å². The van der Waals surface area contributed by atoms with E-state index >= 15 is 0 Å². The van der Waals surface area contributed by atoms with Crippen LogP contribution in [0.25, 0.3) is 0 Å². The van der Waals surface area contributed by atoms with Crippen molar-refractivity contribution in [3.8, 4) is 0 Å². The van der Waals surface area contributed by atoms with Crippen molar-refractivity contribution in [1.29, 1.82) is 0 Å². The lowest BCUT2D eigenvalue weighted by atomic mass is 10.1. The molecule has 1 aromatic rings. The molecule has 0 saturated carbocycles. The van der Waals surface area contributed by atoms with Crippen LogP contribution in [0.15, 0.2) is 24.3 Å². The second-order valence-electron chi connectivity index (χ2n) is 4.71. The first kappa shape index (κ1) is 13.2. The monoisotopic (exact) mass is 220 g/mol. The molecule has 0 atom stereocenters. The Balaban J connectivity index is 2.45. The van der Waals surface area contributed by atoms with Gasteiger partial charge in [-0.1, -0.05) is 31.2 Å². The third kappa shape index (κ3) is 4.77. The zero-order valence-electron chi connectivity index (χ0n) is 11.0. The molecule has 0 aliphatic rings. The van der Waals surface area contributed by atoms with E-state index in [9.17, 15) is 0 Å². The molecule has 1 aromatic carbocycles. The van der Waals surface area contributed by atoms with Gasteiger partial charge in [-0.05, 0) is 38.7 Å². The number of hydrogen-bond acceptors (Lipinski definition) is 2. The number of aryl methyl sites for hydroxylation is 1. The lowest BCUT2D eigenvalue weighted by Crippen LogP contribution is -2.28. The molecule has 0 fully saturated rings. The van der Waals surface area contributed by atoms with Crippen molar-refractivity contribution in [3.05, 3.63) is 35.4 Å². The van der Waals surface area contributed by atoms with Gasteiger partial charge in [0.25, 0.3) is 0 Å². The van der Waals surface area contributed by atoms with E-state index in [1.54, 1.807) is 0 Å². The van der Waals surface area contributed by atoms with E-state index in [0.29, 0.717) is 0 Å². The van der Waals surface area contributed by atoms with Crippen molar-refractivity contribution in [3.63, 3.8) is 0 Å². The van der Waals surface area contributed by atoms with E-state index in [4.69, 9.17) is 0 Å². The minimum absolute atomic E-state index is 1.04. The Bertz CT molecular complexity index is 307. The van der Waals surface area contributed by atoms with E-state index in [-0.39, 0.29) is 0 Å². The first-order valence-electron chi connectivity index (χ1n) is 6.03. The van der Waals surface area contributed by atoms with Crippen LogP contribution in [0.5, 0.6) is 0 Å². The van der Waals surface area contributed by atoms with E-state index in [1.165, 1.54) is 11.1 Å². The quantitative estimate of drug-likeness (QED) is 0.725. The molecular weight excluding hydrogens is 196 g/mol. The molecule has 0 bridgehead atoms. The van der Waals surface area contributed by atoms with Gasteiger partial charge < -0.3 is 9.80 Å². The molecule has 0 amide bonds. The summed E-state index contributed by atoms with van der Waals surface area (Å²) in [6, 6.07) is 8.88. The van der Waals surface area contributed by atoms with E-state index in [2.05, 4.69) is 62.1 Å². The molecule has 90 valence electrons. The summed E-state index contributed by atoms with van der Waals surface area (Å²) in [5.74, 6) is 0. The molecule has 0 aliphatic carbocycles. The van der Waals surface area contributed by atoms with Crippen molar-refractivity contribution in [2.75, 3.05) is 34.2 Å². The standard InChI is InChI=1S/C14H24N2/c1-5-13-7-6-8-14(11-13)12-16(4)10-9-15(2)3/h6-8,11H,5,9-10,12H2,1-4H3. The van der Waals surface area contributed by atoms with Crippen LogP contribution in [0.4, 0.5) is 0 Å². The summed E-state index contributed by atoms with van der Waals surface area (Å²) in [4.78, 5) is 4.59. The molecule has 1 rings (SSSR count). The predicted octanol–water partition coefficient (Wildman–Crippen LogP) is 2.24. The van der Waals surface area contributed by atoms with Gasteiger partial charge in [0.2, 0.25) is 0 Å². The fourth-order valence-electron chi connectivity index (χ4n) is 1.71. The lowest BCUT2D eigenvalue weighted by Gasteiger charge is -2.19. The molecule has 2 nitrogen and oxygen atoms in total. The first-order valence-corrected chi connectivity index (χ1v) is 6.03.